The fraction of sp³-hybridized carbons (Fsp3) is 0.350. The van der Waals surface area contributed by atoms with E-state index < -0.39 is 10.8 Å². The molecule has 0 spiro atoms. The van der Waals surface area contributed by atoms with Gasteiger partial charge in [-0.2, -0.15) is 0 Å². The lowest BCUT2D eigenvalue weighted by Crippen LogP contribution is -2.26. The van der Waals surface area contributed by atoms with Crippen LogP contribution in [0.25, 0.3) is 0 Å². The minimum atomic E-state index is -0.533. The third kappa shape index (κ3) is 6.29. The van der Waals surface area contributed by atoms with Gasteiger partial charge in [0.05, 0.1) is 11.5 Å². The van der Waals surface area contributed by atoms with Gasteiger partial charge in [-0.25, -0.2) is 0 Å². The van der Waals surface area contributed by atoms with E-state index in [4.69, 9.17) is 4.74 Å². The van der Waals surface area contributed by atoms with Crippen LogP contribution in [0.5, 0.6) is 5.75 Å². The van der Waals surface area contributed by atoms with E-state index in [0.29, 0.717) is 25.5 Å². The fourth-order valence-electron chi connectivity index (χ4n) is 2.41. The average molecular weight is 388 g/mol. The summed E-state index contributed by atoms with van der Waals surface area (Å²) in [5, 5.41) is 13.9. The summed E-state index contributed by atoms with van der Waals surface area (Å²) < 4.78 is 5.64. The maximum Gasteiger partial charge on any atom is 0.282 e. The summed E-state index contributed by atoms with van der Waals surface area (Å²) in [6.07, 6.45) is 2.49. The number of hydrogen-bond donors (Lipinski definition) is 1. The number of ether oxygens (including phenoxy) is 1. The molecule has 0 saturated carbocycles. The molecule has 0 unspecified atom stereocenters. The van der Waals surface area contributed by atoms with E-state index in [1.165, 1.54) is 17.8 Å². The predicted octanol–water partition coefficient (Wildman–Crippen LogP) is 4.32. The molecule has 0 aromatic heterocycles. The molecule has 0 saturated heterocycles. The molecule has 1 N–H and O–H groups in total. The van der Waals surface area contributed by atoms with E-state index in [1.54, 1.807) is 12.1 Å². The first-order valence-electron chi connectivity index (χ1n) is 8.73. The summed E-state index contributed by atoms with van der Waals surface area (Å²) in [4.78, 5) is 23.8. The number of nitro groups is 1. The second-order valence-electron chi connectivity index (χ2n) is 6.49. The number of rotatable bonds is 9. The van der Waals surface area contributed by atoms with Gasteiger partial charge in [0.1, 0.15) is 11.3 Å². The van der Waals surface area contributed by atoms with Crippen LogP contribution in [-0.2, 0) is 6.42 Å². The van der Waals surface area contributed by atoms with Crippen LogP contribution in [-0.4, -0.2) is 30.2 Å². The maximum absolute atomic E-state index is 12.4. The number of benzene rings is 2. The molecule has 144 valence electrons. The maximum atomic E-state index is 12.4. The molecule has 1 amide bonds. The first-order chi connectivity index (χ1) is 12.9. The predicted molar refractivity (Wildman–Crippen MR) is 108 cm³/mol. The molecule has 27 heavy (non-hydrogen) atoms. The zero-order valence-electron chi connectivity index (χ0n) is 15.7. The number of nitro benzene ring substituents is 1. The van der Waals surface area contributed by atoms with Gasteiger partial charge in [0.2, 0.25) is 0 Å². The third-order valence-corrected chi connectivity index (χ3v) is 4.58. The molecule has 0 fully saturated rings. The molecule has 0 aliphatic rings. The molecule has 0 aliphatic heterocycles. The Labute approximate surface area is 163 Å². The van der Waals surface area contributed by atoms with E-state index >= 15 is 0 Å². The van der Waals surface area contributed by atoms with Crippen LogP contribution in [0, 0.1) is 16.0 Å². The lowest BCUT2D eigenvalue weighted by Gasteiger charge is -2.10. The Morgan fingerprint density at radius 1 is 1.22 bits per heavy atom. The van der Waals surface area contributed by atoms with Gasteiger partial charge < -0.3 is 10.1 Å². The van der Waals surface area contributed by atoms with Crippen molar-refractivity contribution in [1.82, 2.24) is 5.32 Å². The Balaban J connectivity index is 1.93. The van der Waals surface area contributed by atoms with E-state index in [-0.39, 0.29) is 11.3 Å². The standard InChI is InChI=1S/C20H24N2O4S/c1-14(2)13-26-16-6-4-15(5-7-16)10-11-21-20(23)18-12-17(27-3)8-9-19(18)22(24)25/h4-9,12,14H,10-11,13H2,1-3H3,(H,21,23). The van der Waals surface area contributed by atoms with Crippen molar-refractivity contribution in [1.29, 1.82) is 0 Å². The van der Waals surface area contributed by atoms with E-state index in [9.17, 15) is 14.9 Å². The highest BCUT2D eigenvalue weighted by atomic mass is 32.2. The number of hydrogen-bond acceptors (Lipinski definition) is 5. The zero-order valence-corrected chi connectivity index (χ0v) is 16.5. The first-order valence-corrected chi connectivity index (χ1v) is 9.95. The van der Waals surface area contributed by atoms with Gasteiger partial charge >= 0.3 is 0 Å². The van der Waals surface area contributed by atoms with Crippen LogP contribution in [0.2, 0.25) is 0 Å². The van der Waals surface area contributed by atoms with Crippen molar-refractivity contribution in [3.05, 3.63) is 63.7 Å². The zero-order chi connectivity index (χ0) is 19.8. The Morgan fingerprint density at radius 2 is 1.93 bits per heavy atom. The molecule has 2 rings (SSSR count). The van der Waals surface area contributed by atoms with Crippen LogP contribution < -0.4 is 10.1 Å². The highest BCUT2D eigenvalue weighted by Crippen LogP contribution is 2.24. The van der Waals surface area contributed by atoms with Crippen LogP contribution in [0.3, 0.4) is 0 Å². The second kappa shape index (κ2) is 9.97. The molecule has 2 aromatic rings. The van der Waals surface area contributed by atoms with E-state index in [0.717, 1.165) is 16.2 Å². The first kappa shape index (κ1) is 20.8. The normalized spacial score (nSPS) is 10.7. The number of carbonyl (C=O) groups is 1. The van der Waals surface area contributed by atoms with Crippen molar-refractivity contribution in [2.24, 2.45) is 5.92 Å². The van der Waals surface area contributed by atoms with Crippen LogP contribution >= 0.6 is 11.8 Å². The lowest BCUT2D eigenvalue weighted by molar-refractivity contribution is -0.385. The number of nitrogens with one attached hydrogen (secondary N) is 1. The summed E-state index contributed by atoms with van der Waals surface area (Å²) >= 11 is 1.43. The Kier molecular flexibility index (Phi) is 7.67. The van der Waals surface area contributed by atoms with Crippen LogP contribution in [0.4, 0.5) is 5.69 Å². The Hall–Kier alpha value is -2.54. The summed E-state index contributed by atoms with van der Waals surface area (Å²) in [5.41, 5.74) is 0.959. The van der Waals surface area contributed by atoms with Crippen molar-refractivity contribution in [3.8, 4) is 5.75 Å². The Bertz CT molecular complexity index is 791. The van der Waals surface area contributed by atoms with Gasteiger partial charge in [-0.15, -0.1) is 11.8 Å². The van der Waals surface area contributed by atoms with Gasteiger partial charge in [0.25, 0.3) is 11.6 Å². The van der Waals surface area contributed by atoms with Crippen molar-refractivity contribution in [2.75, 3.05) is 19.4 Å². The summed E-state index contributed by atoms with van der Waals surface area (Å²) in [6, 6.07) is 12.3. The van der Waals surface area contributed by atoms with Gasteiger partial charge in [0, 0.05) is 17.5 Å². The van der Waals surface area contributed by atoms with Gasteiger partial charge in [-0.05, 0) is 48.4 Å². The van der Waals surface area contributed by atoms with Crippen LogP contribution in [0.15, 0.2) is 47.4 Å². The second-order valence-corrected chi connectivity index (χ2v) is 7.37. The number of amides is 1. The third-order valence-electron chi connectivity index (χ3n) is 3.85. The minimum absolute atomic E-state index is 0.0873. The molecular formula is C20H24N2O4S. The SMILES string of the molecule is CSc1ccc([N+](=O)[O-])c(C(=O)NCCc2ccc(OCC(C)C)cc2)c1. The summed E-state index contributed by atoms with van der Waals surface area (Å²) in [5.74, 6) is 0.851. The molecular weight excluding hydrogens is 364 g/mol. The smallest absolute Gasteiger partial charge is 0.282 e. The summed E-state index contributed by atoms with van der Waals surface area (Å²) in [7, 11) is 0. The number of carbonyl (C=O) groups excluding carboxylic acids is 1. The van der Waals surface area contributed by atoms with Crippen LogP contribution in [0.1, 0.15) is 29.8 Å². The highest BCUT2D eigenvalue weighted by Gasteiger charge is 2.20. The Morgan fingerprint density at radius 3 is 2.52 bits per heavy atom. The largest absolute Gasteiger partial charge is 0.493 e. The minimum Gasteiger partial charge on any atom is -0.493 e. The molecule has 0 aliphatic carbocycles. The highest BCUT2D eigenvalue weighted by molar-refractivity contribution is 7.98. The van der Waals surface area contributed by atoms with Crippen molar-refractivity contribution in [3.63, 3.8) is 0 Å². The molecule has 0 radical (unpaired) electrons. The lowest BCUT2D eigenvalue weighted by atomic mass is 10.1. The van der Waals surface area contributed by atoms with E-state index in [1.807, 2.05) is 30.5 Å². The quantitative estimate of drug-likeness (QED) is 0.393. The fourth-order valence-corrected chi connectivity index (χ4v) is 2.85. The van der Waals surface area contributed by atoms with Gasteiger partial charge in [0.15, 0.2) is 0 Å². The van der Waals surface area contributed by atoms with Gasteiger partial charge in [-0.3, -0.25) is 14.9 Å². The van der Waals surface area contributed by atoms with Crippen molar-refractivity contribution >= 4 is 23.4 Å². The number of thioether (sulfide) groups is 1. The topological polar surface area (TPSA) is 81.5 Å². The molecule has 7 heteroatoms. The van der Waals surface area contributed by atoms with Gasteiger partial charge in [-0.1, -0.05) is 26.0 Å². The molecule has 2 aromatic carbocycles. The monoisotopic (exact) mass is 388 g/mol. The number of nitrogens with zero attached hydrogens (tertiary/aromatic N) is 1. The van der Waals surface area contributed by atoms with Crippen molar-refractivity contribution in [2.45, 2.75) is 25.2 Å². The van der Waals surface area contributed by atoms with E-state index in [2.05, 4.69) is 19.2 Å². The van der Waals surface area contributed by atoms with Crippen molar-refractivity contribution < 1.29 is 14.5 Å². The molecule has 0 bridgehead atoms. The summed E-state index contributed by atoms with van der Waals surface area (Å²) in [6.45, 7) is 5.25. The molecule has 6 nitrogen and oxygen atoms in total. The molecule has 0 heterocycles. The average Bonchev–Trinajstić information content (AvgIpc) is 2.66. The molecule has 0 atom stereocenters.